The normalized spacial score (nSPS) is 15.1. The van der Waals surface area contributed by atoms with Crippen molar-refractivity contribution >= 4 is 10.9 Å². The van der Waals surface area contributed by atoms with E-state index in [4.69, 9.17) is 4.74 Å². The molecule has 2 N–H and O–H groups in total. The van der Waals surface area contributed by atoms with Crippen LogP contribution in [0.2, 0.25) is 0 Å². The van der Waals surface area contributed by atoms with Crippen LogP contribution in [-0.2, 0) is 25.7 Å². The van der Waals surface area contributed by atoms with Gasteiger partial charge in [0.25, 0.3) is 5.56 Å². The van der Waals surface area contributed by atoms with E-state index < -0.39 is 17.6 Å². The zero-order valence-corrected chi connectivity index (χ0v) is 14.5. The number of alkyl halides is 3. The van der Waals surface area contributed by atoms with Gasteiger partial charge in [-0.2, -0.15) is 13.2 Å². The highest BCUT2D eigenvalue weighted by Crippen LogP contribution is 2.28. The van der Waals surface area contributed by atoms with Gasteiger partial charge in [0.2, 0.25) is 5.82 Å². The van der Waals surface area contributed by atoms with Gasteiger partial charge in [0.1, 0.15) is 5.75 Å². The van der Waals surface area contributed by atoms with Crippen LogP contribution >= 0.6 is 0 Å². The number of halogens is 3. The van der Waals surface area contributed by atoms with Crippen molar-refractivity contribution in [1.82, 2.24) is 19.9 Å². The number of hydrogen-bond donors (Lipinski definition) is 2. The van der Waals surface area contributed by atoms with Gasteiger partial charge in [-0.25, -0.2) is 4.98 Å². The quantitative estimate of drug-likeness (QED) is 0.735. The Balaban J connectivity index is 1.62. The monoisotopic (exact) mass is 378 g/mol. The molecule has 4 rings (SSSR count). The van der Waals surface area contributed by atoms with Crippen molar-refractivity contribution in [1.29, 1.82) is 0 Å². The summed E-state index contributed by atoms with van der Waals surface area (Å²) in [5.41, 5.74) is 1.78. The number of aromatic amines is 2. The molecule has 0 aliphatic carbocycles. The molecule has 0 atom stereocenters. The van der Waals surface area contributed by atoms with Gasteiger partial charge in [-0.1, -0.05) is 0 Å². The third-order valence-electron chi connectivity index (χ3n) is 4.79. The van der Waals surface area contributed by atoms with E-state index >= 15 is 0 Å². The lowest BCUT2D eigenvalue weighted by molar-refractivity contribution is -0.145. The van der Waals surface area contributed by atoms with E-state index in [2.05, 4.69) is 9.97 Å². The van der Waals surface area contributed by atoms with Crippen molar-refractivity contribution in [3.8, 4) is 5.75 Å². The summed E-state index contributed by atoms with van der Waals surface area (Å²) in [4.78, 5) is 22.6. The molecule has 2 aromatic heterocycles. The Hall–Kier alpha value is -2.81. The summed E-state index contributed by atoms with van der Waals surface area (Å²) in [7, 11) is 1.59. The van der Waals surface area contributed by atoms with Crippen LogP contribution in [0.1, 0.15) is 22.6 Å². The molecule has 0 unspecified atom stereocenters. The van der Waals surface area contributed by atoms with E-state index in [1.165, 1.54) is 0 Å². The fraction of sp³-hybridized carbons (Fsp3) is 0.333. The number of fused-ring (bicyclic) bond motifs is 2. The molecule has 1 aliphatic heterocycles. The van der Waals surface area contributed by atoms with Crippen molar-refractivity contribution in [2.45, 2.75) is 25.7 Å². The number of H-pyrrole nitrogens is 2. The van der Waals surface area contributed by atoms with Gasteiger partial charge in [-0.3, -0.25) is 9.69 Å². The Kier molecular flexibility index (Phi) is 4.18. The summed E-state index contributed by atoms with van der Waals surface area (Å²) in [5.74, 6) is -0.514. The third kappa shape index (κ3) is 3.30. The first-order valence-electron chi connectivity index (χ1n) is 8.41. The number of rotatable bonds is 3. The Labute approximate surface area is 152 Å². The maximum absolute atomic E-state index is 12.9. The molecule has 0 radical (unpaired) electrons. The standard InChI is InChI=1S/C18H17F3N4O2/c1-27-11-2-3-14-13(6-11)10(7-22-14)8-25-5-4-12-15(9-25)23-17(18(19,20)21)24-16(12)26/h2-3,6-7,22H,4-5,8-9H2,1H3,(H,23,24,26). The van der Waals surface area contributed by atoms with Gasteiger partial charge in [0.15, 0.2) is 0 Å². The fourth-order valence-corrected chi connectivity index (χ4v) is 3.42. The second-order valence-electron chi connectivity index (χ2n) is 6.52. The van der Waals surface area contributed by atoms with Gasteiger partial charge in [-0.05, 0) is 30.2 Å². The minimum atomic E-state index is -4.68. The molecule has 1 aromatic carbocycles. The Morgan fingerprint density at radius 3 is 2.89 bits per heavy atom. The van der Waals surface area contributed by atoms with E-state index in [1.54, 1.807) is 7.11 Å². The SMILES string of the molecule is COc1ccc2[nH]cc(CN3CCc4c(nc(C(F)(F)F)[nH]c4=O)C3)c2c1. The van der Waals surface area contributed by atoms with Crippen molar-refractivity contribution in [2.75, 3.05) is 13.7 Å². The molecule has 9 heteroatoms. The van der Waals surface area contributed by atoms with E-state index in [0.717, 1.165) is 22.2 Å². The second kappa shape index (κ2) is 6.41. The molecule has 3 aromatic rings. The lowest BCUT2D eigenvalue weighted by Crippen LogP contribution is -2.36. The Morgan fingerprint density at radius 1 is 1.33 bits per heavy atom. The van der Waals surface area contributed by atoms with E-state index in [-0.39, 0.29) is 12.2 Å². The summed E-state index contributed by atoms with van der Waals surface area (Å²) in [6.07, 6.45) is -2.43. The molecule has 0 bridgehead atoms. The average Bonchev–Trinajstić information content (AvgIpc) is 3.02. The van der Waals surface area contributed by atoms with Crippen molar-refractivity contribution in [3.05, 3.63) is 57.4 Å². The predicted molar refractivity (Wildman–Crippen MR) is 92.5 cm³/mol. The van der Waals surface area contributed by atoms with Gasteiger partial charge in [-0.15, -0.1) is 0 Å². The zero-order valence-electron chi connectivity index (χ0n) is 14.5. The molecule has 0 saturated heterocycles. The number of nitrogens with one attached hydrogen (secondary N) is 2. The summed E-state index contributed by atoms with van der Waals surface area (Å²) in [5, 5.41) is 0.995. The van der Waals surface area contributed by atoms with Crippen molar-refractivity contribution in [3.63, 3.8) is 0 Å². The second-order valence-corrected chi connectivity index (χ2v) is 6.52. The number of benzene rings is 1. The molecule has 6 nitrogen and oxygen atoms in total. The first-order valence-corrected chi connectivity index (χ1v) is 8.41. The highest BCUT2D eigenvalue weighted by molar-refractivity contribution is 5.84. The topological polar surface area (TPSA) is 74.0 Å². The highest BCUT2D eigenvalue weighted by atomic mass is 19.4. The van der Waals surface area contributed by atoms with Gasteiger partial charge in [0.05, 0.1) is 12.8 Å². The predicted octanol–water partition coefficient (Wildman–Crippen LogP) is 2.84. The van der Waals surface area contributed by atoms with E-state index in [0.29, 0.717) is 25.1 Å². The Bertz CT molecular complexity index is 1050. The van der Waals surface area contributed by atoms with Crippen molar-refractivity contribution < 1.29 is 17.9 Å². The van der Waals surface area contributed by atoms with Crippen LogP contribution in [0, 0.1) is 0 Å². The van der Waals surface area contributed by atoms with Crippen LogP contribution in [0.5, 0.6) is 5.75 Å². The van der Waals surface area contributed by atoms with Crippen LogP contribution in [0.3, 0.4) is 0 Å². The molecule has 0 saturated carbocycles. The summed E-state index contributed by atoms with van der Waals surface area (Å²) >= 11 is 0. The van der Waals surface area contributed by atoms with Crippen LogP contribution in [-0.4, -0.2) is 33.5 Å². The number of hydrogen-bond acceptors (Lipinski definition) is 4. The van der Waals surface area contributed by atoms with Gasteiger partial charge < -0.3 is 14.7 Å². The molecule has 27 heavy (non-hydrogen) atoms. The first-order chi connectivity index (χ1) is 12.8. The smallest absolute Gasteiger partial charge is 0.449 e. The van der Waals surface area contributed by atoms with Crippen LogP contribution in [0.4, 0.5) is 13.2 Å². The third-order valence-corrected chi connectivity index (χ3v) is 4.79. The zero-order chi connectivity index (χ0) is 19.2. The minimum Gasteiger partial charge on any atom is -0.497 e. The first kappa shape index (κ1) is 17.6. The molecule has 0 amide bonds. The lowest BCUT2D eigenvalue weighted by atomic mass is 10.1. The molecule has 0 fully saturated rings. The minimum absolute atomic E-state index is 0.190. The van der Waals surface area contributed by atoms with Crippen molar-refractivity contribution in [2.24, 2.45) is 0 Å². The number of aromatic nitrogens is 3. The maximum atomic E-state index is 12.9. The number of nitrogens with zero attached hydrogens (tertiary/aromatic N) is 2. The Morgan fingerprint density at radius 2 is 2.15 bits per heavy atom. The molecule has 142 valence electrons. The van der Waals surface area contributed by atoms with E-state index in [9.17, 15) is 18.0 Å². The average molecular weight is 378 g/mol. The molecule has 1 aliphatic rings. The van der Waals surface area contributed by atoms with Crippen LogP contribution in [0.25, 0.3) is 10.9 Å². The molecular weight excluding hydrogens is 361 g/mol. The van der Waals surface area contributed by atoms with E-state index in [1.807, 2.05) is 34.3 Å². The maximum Gasteiger partial charge on any atom is 0.449 e. The number of methoxy groups -OCH3 is 1. The molecular formula is C18H17F3N4O2. The molecule has 3 heterocycles. The lowest BCUT2D eigenvalue weighted by Gasteiger charge is -2.27. The fourth-order valence-electron chi connectivity index (χ4n) is 3.42. The number of ether oxygens (including phenoxy) is 1. The highest BCUT2D eigenvalue weighted by Gasteiger charge is 2.36. The summed E-state index contributed by atoms with van der Waals surface area (Å²) < 4.78 is 44.0. The van der Waals surface area contributed by atoms with Crippen LogP contribution in [0.15, 0.2) is 29.2 Å². The molecule has 0 spiro atoms. The van der Waals surface area contributed by atoms with Gasteiger partial charge in [0, 0.05) is 42.3 Å². The largest absolute Gasteiger partial charge is 0.497 e. The summed E-state index contributed by atoms with van der Waals surface area (Å²) in [6, 6.07) is 5.69. The van der Waals surface area contributed by atoms with Crippen LogP contribution < -0.4 is 10.3 Å². The van der Waals surface area contributed by atoms with Gasteiger partial charge >= 0.3 is 6.18 Å². The summed E-state index contributed by atoms with van der Waals surface area (Å²) in [6.45, 7) is 1.29.